The molecule has 3 rings (SSSR count). The standard InChI is InChI=1S/C22H25N5O2/c1-4-23-22(29)26-20-13-19-16(14-25-20)6-5-7-18(19)15-10-11-24-17(12-15)8-9-21(28)27(2)3/h5-7,10-14H,4,8-9H2,1-3H3,(H2,23,25,26,29). The van der Waals surface area contributed by atoms with Crippen LogP contribution in [0.1, 0.15) is 19.0 Å². The lowest BCUT2D eigenvalue weighted by atomic mass is 9.99. The van der Waals surface area contributed by atoms with Gasteiger partial charge in [-0.05, 0) is 48.1 Å². The van der Waals surface area contributed by atoms with Crippen molar-refractivity contribution in [3.05, 3.63) is 54.5 Å². The van der Waals surface area contributed by atoms with Crippen molar-refractivity contribution in [3.63, 3.8) is 0 Å². The molecule has 2 heterocycles. The Labute approximate surface area is 170 Å². The van der Waals surface area contributed by atoms with E-state index in [2.05, 4.69) is 20.6 Å². The van der Waals surface area contributed by atoms with Crippen molar-refractivity contribution in [3.8, 4) is 11.1 Å². The lowest BCUT2D eigenvalue weighted by molar-refractivity contribution is -0.128. The van der Waals surface area contributed by atoms with Crippen LogP contribution in [0, 0.1) is 0 Å². The number of nitrogens with one attached hydrogen (secondary N) is 2. The van der Waals surface area contributed by atoms with Crippen LogP contribution in [0.2, 0.25) is 0 Å². The van der Waals surface area contributed by atoms with Crippen molar-refractivity contribution < 1.29 is 9.59 Å². The van der Waals surface area contributed by atoms with Gasteiger partial charge >= 0.3 is 6.03 Å². The Balaban J connectivity index is 1.91. The van der Waals surface area contributed by atoms with Crippen molar-refractivity contribution in [2.45, 2.75) is 19.8 Å². The van der Waals surface area contributed by atoms with Crippen LogP contribution >= 0.6 is 0 Å². The van der Waals surface area contributed by atoms with Crippen LogP contribution in [-0.4, -0.2) is 47.4 Å². The zero-order valence-electron chi connectivity index (χ0n) is 16.9. The number of fused-ring (bicyclic) bond motifs is 1. The van der Waals surface area contributed by atoms with Gasteiger partial charge in [-0.1, -0.05) is 18.2 Å². The highest BCUT2D eigenvalue weighted by molar-refractivity contribution is 5.99. The first-order valence-corrected chi connectivity index (χ1v) is 9.57. The van der Waals surface area contributed by atoms with E-state index in [-0.39, 0.29) is 11.9 Å². The van der Waals surface area contributed by atoms with Gasteiger partial charge in [-0.15, -0.1) is 0 Å². The Morgan fingerprint density at radius 3 is 2.69 bits per heavy atom. The summed E-state index contributed by atoms with van der Waals surface area (Å²) in [5, 5.41) is 7.41. The quantitative estimate of drug-likeness (QED) is 0.674. The maximum atomic E-state index is 11.9. The number of benzene rings is 1. The minimum Gasteiger partial charge on any atom is -0.349 e. The number of pyridine rings is 2. The highest BCUT2D eigenvalue weighted by Crippen LogP contribution is 2.30. The van der Waals surface area contributed by atoms with Crippen LogP contribution < -0.4 is 10.6 Å². The number of aromatic nitrogens is 2. The van der Waals surface area contributed by atoms with Crippen LogP contribution in [0.15, 0.2) is 48.8 Å². The summed E-state index contributed by atoms with van der Waals surface area (Å²) in [4.78, 5) is 34.0. The first kappa shape index (κ1) is 20.3. The van der Waals surface area contributed by atoms with Crippen molar-refractivity contribution in [1.82, 2.24) is 20.2 Å². The second-order valence-electron chi connectivity index (χ2n) is 6.90. The summed E-state index contributed by atoms with van der Waals surface area (Å²) < 4.78 is 0. The second kappa shape index (κ2) is 9.14. The molecule has 2 aromatic heterocycles. The lowest BCUT2D eigenvalue weighted by Gasteiger charge is -2.12. The van der Waals surface area contributed by atoms with E-state index in [0.29, 0.717) is 25.2 Å². The molecule has 0 radical (unpaired) electrons. The Kier molecular flexibility index (Phi) is 6.39. The number of urea groups is 1. The molecule has 0 atom stereocenters. The largest absolute Gasteiger partial charge is 0.349 e. The van der Waals surface area contributed by atoms with Gasteiger partial charge in [0.1, 0.15) is 5.82 Å². The normalized spacial score (nSPS) is 10.6. The molecule has 0 unspecified atom stereocenters. The molecule has 0 spiro atoms. The molecule has 0 aliphatic heterocycles. The number of rotatable bonds is 6. The number of aryl methyl sites for hydroxylation is 1. The summed E-state index contributed by atoms with van der Waals surface area (Å²) in [5.41, 5.74) is 2.89. The Bertz CT molecular complexity index is 1030. The molecule has 0 aliphatic carbocycles. The van der Waals surface area contributed by atoms with Crippen LogP contribution in [-0.2, 0) is 11.2 Å². The molecule has 1 aromatic carbocycles. The third-order valence-corrected chi connectivity index (χ3v) is 4.56. The van der Waals surface area contributed by atoms with E-state index in [1.807, 2.05) is 43.3 Å². The smallest absolute Gasteiger partial charge is 0.320 e. The van der Waals surface area contributed by atoms with Gasteiger partial charge < -0.3 is 10.2 Å². The molecule has 29 heavy (non-hydrogen) atoms. The van der Waals surface area contributed by atoms with Gasteiger partial charge in [0.05, 0.1) is 0 Å². The number of anilines is 1. The highest BCUT2D eigenvalue weighted by atomic mass is 16.2. The fourth-order valence-electron chi connectivity index (χ4n) is 3.05. The zero-order chi connectivity index (χ0) is 20.8. The molecule has 7 nitrogen and oxygen atoms in total. The van der Waals surface area contributed by atoms with Crippen LogP contribution in [0.4, 0.5) is 10.6 Å². The van der Waals surface area contributed by atoms with Gasteiger partial charge in [-0.25, -0.2) is 9.78 Å². The summed E-state index contributed by atoms with van der Waals surface area (Å²) in [6, 6.07) is 11.5. The molecular weight excluding hydrogens is 366 g/mol. The Morgan fingerprint density at radius 1 is 1.10 bits per heavy atom. The van der Waals surface area contributed by atoms with E-state index in [9.17, 15) is 9.59 Å². The third kappa shape index (κ3) is 5.07. The lowest BCUT2D eigenvalue weighted by Crippen LogP contribution is -2.28. The Morgan fingerprint density at radius 2 is 1.93 bits per heavy atom. The monoisotopic (exact) mass is 391 g/mol. The molecule has 0 saturated heterocycles. The van der Waals surface area contributed by atoms with Gasteiger partial charge in [0.15, 0.2) is 0 Å². The molecular formula is C22H25N5O2. The summed E-state index contributed by atoms with van der Waals surface area (Å²) in [6.45, 7) is 2.40. The molecule has 150 valence electrons. The fraction of sp³-hybridized carbons (Fsp3) is 0.273. The van der Waals surface area contributed by atoms with Gasteiger partial charge in [0.2, 0.25) is 5.91 Å². The number of hydrogen-bond donors (Lipinski definition) is 2. The molecule has 3 aromatic rings. The molecule has 7 heteroatoms. The number of nitrogens with zero attached hydrogens (tertiary/aromatic N) is 3. The van der Waals surface area contributed by atoms with Crippen LogP contribution in [0.3, 0.4) is 0 Å². The average molecular weight is 391 g/mol. The topological polar surface area (TPSA) is 87.2 Å². The van der Waals surface area contributed by atoms with Gasteiger partial charge in [-0.3, -0.25) is 15.1 Å². The second-order valence-corrected chi connectivity index (χ2v) is 6.90. The van der Waals surface area contributed by atoms with Crippen molar-refractivity contribution >= 4 is 28.5 Å². The fourth-order valence-corrected chi connectivity index (χ4v) is 3.05. The van der Waals surface area contributed by atoms with E-state index in [1.165, 1.54) is 0 Å². The zero-order valence-corrected chi connectivity index (χ0v) is 16.9. The Hall–Kier alpha value is -3.48. The predicted molar refractivity (Wildman–Crippen MR) is 115 cm³/mol. The van der Waals surface area contributed by atoms with Gasteiger partial charge in [-0.2, -0.15) is 0 Å². The number of carbonyl (C=O) groups is 2. The molecule has 2 N–H and O–H groups in total. The minimum atomic E-state index is -0.284. The number of amides is 3. The van der Waals surface area contributed by atoms with Gasteiger partial charge in [0.25, 0.3) is 0 Å². The van der Waals surface area contributed by atoms with Gasteiger partial charge in [0, 0.05) is 50.5 Å². The third-order valence-electron chi connectivity index (χ3n) is 4.56. The summed E-state index contributed by atoms with van der Waals surface area (Å²) >= 11 is 0. The minimum absolute atomic E-state index is 0.0783. The first-order chi connectivity index (χ1) is 14.0. The molecule has 0 saturated carbocycles. The van der Waals surface area contributed by atoms with Crippen LogP contribution in [0.5, 0.6) is 0 Å². The van der Waals surface area contributed by atoms with E-state index in [0.717, 1.165) is 27.6 Å². The molecule has 3 amide bonds. The maximum absolute atomic E-state index is 11.9. The van der Waals surface area contributed by atoms with Crippen molar-refractivity contribution in [1.29, 1.82) is 0 Å². The van der Waals surface area contributed by atoms with E-state index < -0.39 is 0 Å². The van der Waals surface area contributed by atoms with Crippen molar-refractivity contribution in [2.24, 2.45) is 0 Å². The van der Waals surface area contributed by atoms with E-state index in [4.69, 9.17) is 0 Å². The predicted octanol–water partition coefficient (Wildman–Crippen LogP) is 3.46. The number of hydrogen-bond acceptors (Lipinski definition) is 4. The maximum Gasteiger partial charge on any atom is 0.320 e. The summed E-state index contributed by atoms with van der Waals surface area (Å²) in [6.07, 6.45) is 4.52. The average Bonchev–Trinajstić information content (AvgIpc) is 2.71. The first-order valence-electron chi connectivity index (χ1n) is 9.57. The summed E-state index contributed by atoms with van der Waals surface area (Å²) in [7, 11) is 3.51. The highest BCUT2D eigenvalue weighted by Gasteiger charge is 2.10. The van der Waals surface area contributed by atoms with E-state index >= 15 is 0 Å². The molecule has 0 aliphatic rings. The molecule has 0 fully saturated rings. The number of carbonyl (C=O) groups excluding carboxylic acids is 2. The van der Waals surface area contributed by atoms with E-state index in [1.54, 1.807) is 31.4 Å². The van der Waals surface area contributed by atoms with Crippen molar-refractivity contribution in [2.75, 3.05) is 26.0 Å². The SMILES string of the molecule is CCNC(=O)Nc1cc2c(-c3ccnc(CCC(=O)N(C)C)c3)cccc2cn1. The molecule has 0 bridgehead atoms. The van der Waals surface area contributed by atoms with Crippen LogP contribution in [0.25, 0.3) is 21.9 Å². The summed E-state index contributed by atoms with van der Waals surface area (Å²) in [5.74, 6) is 0.566.